The maximum Gasteiger partial charge on any atom is 0.319 e. The Morgan fingerprint density at radius 1 is 1.33 bits per heavy atom. The predicted molar refractivity (Wildman–Crippen MR) is 85.9 cm³/mol. The molecule has 0 aliphatic heterocycles. The fourth-order valence-corrected chi connectivity index (χ4v) is 2.58. The van der Waals surface area contributed by atoms with Crippen LogP contribution in [0.25, 0.3) is 0 Å². The molecule has 5 nitrogen and oxygen atoms in total. The van der Waals surface area contributed by atoms with Gasteiger partial charge in [0.15, 0.2) is 0 Å². The number of carbonyl (C=O) groups is 1. The van der Waals surface area contributed by atoms with Crippen molar-refractivity contribution in [3.63, 3.8) is 0 Å². The minimum absolute atomic E-state index is 0.197. The van der Waals surface area contributed by atoms with Crippen molar-refractivity contribution >= 4 is 23.1 Å². The van der Waals surface area contributed by atoms with Gasteiger partial charge in [0, 0.05) is 18.7 Å². The zero-order chi connectivity index (χ0) is 15.2. The van der Waals surface area contributed by atoms with Crippen LogP contribution in [-0.2, 0) is 6.42 Å². The highest BCUT2D eigenvalue weighted by Gasteiger charge is 2.05. The molecule has 0 saturated carbocycles. The molecule has 2 N–H and O–H groups in total. The summed E-state index contributed by atoms with van der Waals surface area (Å²) in [4.78, 5) is 11.8. The third-order valence-electron chi connectivity index (χ3n) is 3.00. The second-order valence-corrected chi connectivity index (χ2v) is 6.39. The summed E-state index contributed by atoms with van der Waals surface area (Å²) in [6, 6.07) is 7.70. The van der Waals surface area contributed by atoms with E-state index >= 15 is 0 Å². The van der Waals surface area contributed by atoms with Crippen molar-refractivity contribution in [2.45, 2.75) is 33.1 Å². The van der Waals surface area contributed by atoms with E-state index in [-0.39, 0.29) is 6.03 Å². The Morgan fingerprint density at radius 3 is 2.81 bits per heavy atom. The highest BCUT2D eigenvalue weighted by molar-refractivity contribution is 7.11. The van der Waals surface area contributed by atoms with Gasteiger partial charge in [0.1, 0.15) is 10.0 Å². The van der Waals surface area contributed by atoms with Gasteiger partial charge in [-0.25, -0.2) is 4.79 Å². The molecule has 2 rings (SSSR count). The van der Waals surface area contributed by atoms with Gasteiger partial charge >= 0.3 is 6.03 Å². The molecule has 112 valence electrons. The number of hydrogen-bond donors (Lipinski definition) is 2. The third-order valence-corrected chi connectivity index (χ3v) is 3.90. The van der Waals surface area contributed by atoms with E-state index in [9.17, 15) is 4.79 Å². The molecule has 0 atom stereocenters. The van der Waals surface area contributed by atoms with E-state index in [2.05, 4.69) is 40.7 Å². The number of aromatic nitrogens is 2. The van der Waals surface area contributed by atoms with Crippen LogP contribution in [0.4, 0.5) is 10.5 Å². The molecule has 0 spiro atoms. The van der Waals surface area contributed by atoms with Gasteiger partial charge in [-0.3, -0.25) is 0 Å². The van der Waals surface area contributed by atoms with Gasteiger partial charge < -0.3 is 10.6 Å². The van der Waals surface area contributed by atoms with Crippen LogP contribution in [0, 0.1) is 6.92 Å². The molecule has 1 heterocycles. The first-order valence-corrected chi connectivity index (χ1v) is 7.80. The van der Waals surface area contributed by atoms with Crippen LogP contribution in [0.3, 0.4) is 0 Å². The fourth-order valence-electron chi connectivity index (χ4n) is 1.87. The van der Waals surface area contributed by atoms with Crippen LogP contribution in [0.1, 0.15) is 35.3 Å². The minimum atomic E-state index is -0.197. The molecule has 21 heavy (non-hydrogen) atoms. The standard InChI is InChI=1S/C15H20N4OS/c1-10(2)12-5-4-6-13(9-12)17-15(20)16-8-7-14-19-18-11(3)21-14/h4-6,9-10H,7-8H2,1-3H3,(H2,16,17,20). The zero-order valence-electron chi connectivity index (χ0n) is 12.5. The van der Waals surface area contributed by atoms with Crippen molar-refractivity contribution in [1.29, 1.82) is 0 Å². The number of carbonyl (C=O) groups excluding carboxylic acids is 1. The largest absolute Gasteiger partial charge is 0.337 e. The van der Waals surface area contributed by atoms with E-state index in [0.717, 1.165) is 15.7 Å². The Balaban J connectivity index is 1.80. The highest BCUT2D eigenvalue weighted by Crippen LogP contribution is 2.18. The summed E-state index contributed by atoms with van der Waals surface area (Å²) >= 11 is 1.55. The molecular weight excluding hydrogens is 284 g/mol. The molecule has 0 fully saturated rings. The van der Waals surface area contributed by atoms with Crippen LogP contribution in [0.15, 0.2) is 24.3 Å². The fraction of sp³-hybridized carbons (Fsp3) is 0.400. The quantitative estimate of drug-likeness (QED) is 0.890. The summed E-state index contributed by atoms with van der Waals surface area (Å²) in [5, 5.41) is 15.5. The van der Waals surface area contributed by atoms with Gasteiger partial charge in [0.25, 0.3) is 0 Å². The van der Waals surface area contributed by atoms with E-state index in [1.54, 1.807) is 11.3 Å². The average Bonchev–Trinajstić information content (AvgIpc) is 2.84. The Bertz CT molecular complexity index is 609. The molecule has 0 aliphatic carbocycles. The summed E-state index contributed by atoms with van der Waals surface area (Å²) in [6.07, 6.45) is 0.699. The molecule has 0 saturated heterocycles. The number of rotatable bonds is 5. The summed E-state index contributed by atoms with van der Waals surface area (Å²) < 4.78 is 0. The normalized spacial score (nSPS) is 10.7. The Hall–Kier alpha value is -1.95. The van der Waals surface area contributed by atoms with Gasteiger partial charge in [-0.05, 0) is 30.5 Å². The van der Waals surface area contributed by atoms with Crippen LogP contribution >= 0.6 is 11.3 Å². The third kappa shape index (κ3) is 4.82. The highest BCUT2D eigenvalue weighted by atomic mass is 32.1. The second kappa shape index (κ2) is 7.17. The van der Waals surface area contributed by atoms with Gasteiger partial charge in [0.2, 0.25) is 0 Å². The predicted octanol–water partition coefficient (Wildman–Crippen LogP) is 3.33. The van der Waals surface area contributed by atoms with E-state index in [1.807, 2.05) is 25.1 Å². The summed E-state index contributed by atoms with van der Waals surface area (Å²) in [5.74, 6) is 0.440. The van der Waals surface area contributed by atoms with Crippen molar-refractivity contribution < 1.29 is 4.79 Å². The first-order valence-electron chi connectivity index (χ1n) is 6.98. The first-order chi connectivity index (χ1) is 10.0. The van der Waals surface area contributed by atoms with E-state index in [1.165, 1.54) is 5.56 Å². The zero-order valence-corrected chi connectivity index (χ0v) is 13.3. The molecule has 0 radical (unpaired) electrons. The Labute approximate surface area is 128 Å². The van der Waals surface area contributed by atoms with Gasteiger partial charge in [0.05, 0.1) is 0 Å². The number of anilines is 1. The maximum absolute atomic E-state index is 11.8. The van der Waals surface area contributed by atoms with Crippen molar-refractivity contribution in [2.75, 3.05) is 11.9 Å². The van der Waals surface area contributed by atoms with Gasteiger partial charge in [-0.2, -0.15) is 0 Å². The lowest BCUT2D eigenvalue weighted by Gasteiger charge is -2.10. The first kappa shape index (κ1) is 15.4. The second-order valence-electron chi connectivity index (χ2n) is 5.13. The maximum atomic E-state index is 11.8. The lowest BCUT2D eigenvalue weighted by atomic mass is 10.0. The monoisotopic (exact) mass is 304 g/mol. The molecule has 2 amide bonds. The Morgan fingerprint density at radius 2 is 2.14 bits per heavy atom. The molecule has 0 bridgehead atoms. The molecule has 2 aromatic rings. The number of benzene rings is 1. The van der Waals surface area contributed by atoms with Crippen molar-refractivity contribution in [3.8, 4) is 0 Å². The number of aryl methyl sites for hydroxylation is 1. The van der Waals surface area contributed by atoms with Crippen molar-refractivity contribution in [1.82, 2.24) is 15.5 Å². The molecule has 1 aromatic heterocycles. The number of amides is 2. The summed E-state index contributed by atoms with van der Waals surface area (Å²) in [7, 11) is 0. The van der Waals surface area contributed by atoms with E-state index < -0.39 is 0 Å². The number of nitrogens with zero attached hydrogens (tertiary/aromatic N) is 2. The molecule has 6 heteroatoms. The van der Waals surface area contributed by atoms with Crippen LogP contribution < -0.4 is 10.6 Å². The smallest absolute Gasteiger partial charge is 0.319 e. The minimum Gasteiger partial charge on any atom is -0.337 e. The molecule has 0 aliphatic rings. The molecular formula is C15H20N4OS. The van der Waals surface area contributed by atoms with E-state index in [0.29, 0.717) is 18.9 Å². The topological polar surface area (TPSA) is 66.9 Å². The number of hydrogen-bond acceptors (Lipinski definition) is 4. The Kier molecular flexibility index (Phi) is 5.27. The molecule has 1 aromatic carbocycles. The number of urea groups is 1. The lowest BCUT2D eigenvalue weighted by Crippen LogP contribution is -2.30. The number of nitrogens with one attached hydrogen (secondary N) is 2. The summed E-state index contributed by atoms with van der Waals surface area (Å²) in [6.45, 7) is 6.72. The van der Waals surface area contributed by atoms with Gasteiger partial charge in [-0.15, -0.1) is 21.5 Å². The average molecular weight is 304 g/mol. The van der Waals surface area contributed by atoms with Crippen LogP contribution in [-0.4, -0.2) is 22.8 Å². The van der Waals surface area contributed by atoms with Crippen molar-refractivity contribution in [3.05, 3.63) is 39.8 Å². The lowest BCUT2D eigenvalue weighted by molar-refractivity contribution is 0.252. The van der Waals surface area contributed by atoms with E-state index in [4.69, 9.17) is 0 Å². The van der Waals surface area contributed by atoms with Crippen LogP contribution in [0.2, 0.25) is 0 Å². The van der Waals surface area contributed by atoms with Crippen molar-refractivity contribution in [2.24, 2.45) is 0 Å². The SMILES string of the molecule is Cc1nnc(CCNC(=O)Nc2cccc(C(C)C)c2)s1. The summed E-state index contributed by atoms with van der Waals surface area (Å²) in [5.41, 5.74) is 2.02. The van der Waals surface area contributed by atoms with Crippen LogP contribution in [0.5, 0.6) is 0 Å². The van der Waals surface area contributed by atoms with Gasteiger partial charge in [-0.1, -0.05) is 26.0 Å². The molecule has 0 unspecified atom stereocenters.